The van der Waals surface area contributed by atoms with Gasteiger partial charge < -0.3 is 9.47 Å². The molecule has 1 aromatic rings. The molecule has 9 heteroatoms. The van der Waals surface area contributed by atoms with Gasteiger partial charge in [-0.3, -0.25) is 14.5 Å². The summed E-state index contributed by atoms with van der Waals surface area (Å²) in [6.45, 7) is 1.34. The van der Waals surface area contributed by atoms with Crippen LogP contribution in [0.1, 0.15) is 31.2 Å². The molecule has 2 heterocycles. The van der Waals surface area contributed by atoms with Crippen LogP contribution in [-0.2, 0) is 30.9 Å². The van der Waals surface area contributed by atoms with Crippen LogP contribution in [0.2, 0.25) is 0 Å². The van der Waals surface area contributed by atoms with E-state index in [1.807, 2.05) is 0 Å². The number of morpholine rings is 1. The molecule has 1 saturated carbocycles. The SMILES string of the molecule is COc1ccc(CN2C(=O)[C@H]3CCCC[C@@H]3C2=O)cc1S(=O)(=O)N1CCOCC1. The maximum atomic E-state index is 13.1. The van der Waals surface area contributed by atoms with Crippen molar-refractivity contribution in [3.05, 3.63) is 23.8 Å². The first-order valence-corrected chi connectivity index (χ1v) is 11.5. The number of imide groups is 1. The minimum atomic E-state index is -3.77. The van der Waals surface area contributed by atoms with Crippen molar-refractivity contribution in [2.45, 2.75) is 37.1 Å². The van der Waals surface area contributed by atoms with E-state index in [1.54, 1.807) is 12.1 Å². The summed E-state index contributed by atoms with van der Waals surface area (Å²) in [6.07, 6.45) is 3.45. The van der Waals surface area contributed by atoms with Crippen LogP contribution in [0, 0.1) is 11.8 Å². The number of hydrogen-bond acceptors (Lipinski definition) is 6. The van der Waals surface area contributed by atoms with Crippen molar-refractivity contribution in [1.82, 2.24) is 9.21 Å². The number of likely N-dealkylation sites (tertiary alicyclic amines) is 1. The minimum Gasteiger partial charge on any atom is -0.495 e. The second-order valence-corrected chi connectivity index (χ2v) is 9.67. The van der Waals surface area contributed by atoms with Crippen molar-refractivity contribution >= 4 is 21.8 Å². The van der Waals surface area contributed by atoms with E-state index in [0.717, 1.165) is 25.7 Å². The van der Waals surface area contributed by atoms with E-state index in [9.17, 15) is 18.0 Å². The average Bonchev–Trinajstić information content (AvgIpc) is 2.99. The van der Waals surface area contributed by atoms with Gasteiger partial charge in [0.15, 0.2) is 0 Å². The lowest BCUT2D eigenvalue weighted by atomic mass is 9.81. The number of methoxy groups -OCH3 is 1. The molecule has 2 atom stereocenters. The maximum Gasteiger partial charge on any atom is 0.246 e. The van der Waals surface area contributed by atoms with Crippen molar-refractivity contribution in [2.75, 3.05) is 33.4 Å². The minimum absolute atomic E-state index is 0.0518. The number of fused-ring (bicyclic) bond motifs is 1. The van der Waals surface area contributed by atoms with Crippen LogP contribution in [0.15, 0.2) is 23.1 Å². The fourth-order valence-corrected chi connectivity index (χ4v) is 6.13. The highest BCUT2D eigenvalue weighted by Crippen LogP contribution is 2.39. The number of rotatable bonds is 5. The van der Waals surface area contributed by atoms with E-state index < -0.39 is 10.0 Å². The molecule has 3 fully saturated rings. The molecule has 2 aliphatic heterocycles. The van der Waals surface area contributed by atoms with E-state index >= 15 is 0 Å². The normalized spacial score (nSPS) is 25.9. The lowest BCUT2D eigenvalue weighted by Crippen LogP contribution is -2.40. The monoisotopic (exact) mass is 422 g/mol. The molecule has 1 aromatic carbocycles. The van der Waals surface area contributed by atoms with E-state index in [-0.39, 0.29) is 53.9 Å². The second-order valence-electron chi connectivity index (χ2n) is 7.76. The Kier molecular flexibility index (Phi) is 5.63. The molecule has 8 nitrogen and oxygen atoms in total. The van der Waals surface area contributed by atoms with Gasteiger partial charge in [-0.1, -0.05) is 18.9 Å². The van der Waals surface area contributed by atoms with Crippen LogP contribution in [0.25, 0.3) is 0 Å². The zero-order chi connectivity index (χ0) is 20.6. The number of amides is 2. The molecular formula is C20H26N2O6S. The molecule has 29 heavy (non-hydrogen) atoms. The summed E-state index contributed by atoms with van der Waals surface area (Å²) in [4.78, 5) is 26.8. The first kappa shape index (κ1) is 20.3. The number of sulfonamides is 1. The van der Waals surface area contributed by atoms with Crippen molar-refractivity contribution in [3.63, 3.8) is 0 Å². The van der Waals surface area contributed by atoms with E-state index in [4.69, 9.17) is 9.47 Å². The standard InChI is InChI=1S/C20H26N2O6S/c1-27-17-7-6-14(12-18(17)29(25,26)21-8-10-28-11-9-21)13-22-19(23)15-4-2-3-5-16(15)20(22)24/h6-7,12,15-16H,2-5,8-11,13H2,1H3/t15-,16-/m0/s1. The number of ether oxygens (including phenoxy) is 2. The van der Waals surface area contributed by atoms with Crippen LogP contribution in [0.3, 0.4) is 0 Å². The fourth-order valence-electron chi connectivity index (χ4n) is 4.52. The van der Waals surface area contributed by atoms with Crippen LogP contribution < -0.4 is 4.74 Å². The summed E-state index contributed by atoms with van der Waals surface area (Å²) in [5, 5.41) is 0. The summed E-state index contributed by atoms with van der Waals surface area (Å²) < 4.78 is 38.2. The number of nitrogens with zero attached hydrogens (tertiary/aromatic N) is 2. The third kappa shape index (κ3) is 3.67. The van der Waals surface area contributed by atoms with Gasteiger partial charge in [0, 0.05) is 13.1 Å². The van der Waals surface area contributed by atoms with Gasteiger partial charge in [0.05, 0.1) is 38.7 Å². The van der Waals surface area contributed by atoms with Gasteiger partial charge in [0.2, 0.25) is 21.8 Å². The molecule has 0 N–H and O–H groups in total. The molecule has 4 rings (SSSR count). The van der Waals surface area contributed by atoms with Crippen LogP contribution in [0.5, 0.6) is 5.75 Å². The summed E-state index contributed by atoms with van der Waals surface area (Å²) in [5.74, 6) is -0.453. The van der Waals surface area contributed by atoms with Crippen LogP contribution in [-0.4, -0.2) is 62.9 Å². The van der Waals surface area contributed by atoms with Gasteiger partial charge in [0.1, 0.15) is 10.6 Å². The van der Waals surface area contributed by atoms with Gasteiger partial charge in [0.25, 0.3) is 0 Å². The highest BCUT2D eigenvalue weighted by Gasteiger charge is 2.48. The third-order valence-corrected chi connectivity index (χ3v) is 8.01. The lowest BCUT2D eigenvalue weighted by molar-refractivity contribution is -0.140. The largest absolute Gasteiger partial charge is 0.495 e. The quantitative estimate of drug-likeness (QED) is 0.666. The third-order valence-electron chi connectivity index (χ3n) is 6.09. The summed E-state index contributed by atoms with van der Waals surface area (Å²) >= 11 is 0. The number of benzene rings is 1. The molecule has 0 spiro atoms. The van der Waals surface area contributed by atoms with Gasteiger partial charge in [-0.05, 0) is 30.5 Å². The van der Waals surface area contributed by atoms with E-state index in [2.05, 4.69) is 0 Å². The Hall–Kier alpha value is -1.97. The Morgan fingerprint density at radius 3 is 2.28 bits per heavy atom. The van der Waals surface area contributed by atoms with Crippen molar-refractivity contribution < 1.29 is 27.5 Å². The highest BCUT2D eigenvalue weighted by atomic mass is 32.2. The summed E-state index contributed by atoms with van der Waals surface area (Å²) in [7, 11) is -2.35. The number of carbonyl (C=O) groups is 2. The highest BCUT2D eigenvalue weighted by molar-refractivity contribution is 7.89. The topological polar surface area (TPSA) is 93.2 Å². The molecule has 158 valence electrons. The zero-order valence-electron chi connectivity index (χ0n) is 16.5. The summed E-state index contributed by atoms with van der Waals surface area (Å²) in [5.41, 5.74) is 0.595. The van der Waals surface area contributed by atoms with Gasteiger partial charge in [-0.2, -0.15) is 4.31 Å². The average molecular weight is 423 g/mol. The predicted octanol–water partition coefficient (Wildman–Crippen LogP) is 1.39. The smallest absolute Gasteiger partial charge is 0.246 e. The fraction of sp³-hybridized carbons (Fsp3) is 0.600. The molecule has 0 unspecified atom stereocenters. The molecular weight excluding hydrogens is 396 g/mol. The molecule has 2 saturated heterocycles. The Bertz CT molecular complexity index is 886. The first-order chi connectivity index (χ1) is 13.9. The van der Waals surface area contributed by atoms with Crippen LogP contribution >= 0.6 is 0 Å². The zero-order valence-corrected chi connectivity index (χ0v) is 17.3. The van der Waals surface area contributed by atoms with Crippen molar-refractivity contribution in [3.8, 4) is 5.75 Å². The second kappa shape index (κ2) is 8.04. The van der Waals surface area contributed by atoms with E-state index in [0.29, 0.717) is 18.8 Å². The molecule has 0 radical (unpaired) electrons. The van der Waals surface area contributed by atoms with Crippen LogP contribution in [0.4, 0.5) is 0 Å². The Balaban J connectivity index is 1.62. The molecule has 0 bridgehead atoms. The van der Waals surface area contributed by atoms with E-state index in [1.165, 1.54) is 22.4 Å². The van der Waals surface area contributed by atoms with Gasteiger partial charge in [-0.15, -0.1) is 0 Å². The lowest BCUT2D eigenvalue weighted by Gasteiger charge is -2.27. The molecule has 0 aromatic heterocycles. The molecule has 2 amide bonds. The Labute approximate surface area is 170 Å². The van der Waals surface area contributed by atoms with Crippen molar-refractivity contribution in [2.24, 2.45) is 11.8 Å². The van der Waals surface area contributed by atoms with Gasteiger partial charge >= 0.3 is 0 Å². The number of carbonyl (C=O) groups excluding carboxylic acids is 2. The first-order valence-electron chi connectivity index (χ1n) is 10.0. The predicted molar refractivity (Wildman–Crippen MR) is 104 cm³/mol. The Morgan fingerprint density at radius 2 is 1.69 bits per heavy atom. The molecule has 1 aliphatic carbocycles. The summed E-state index contributed by atoms with van der Waals surface area (Å²) in [6, 6.07) is 4.81. The van der Waals surface area contributed by atoms with Crippen molar-refractivity contribution in [1.29, 1.82) is 0 Å². The van der Waals surface area contributed by atoms with Gasteiger partial charge in [-0.25, -0.2) is 8.42 Å². The number of hydrogen-bond donors (Lipinski definition) is 0. The molecule has 3 aliphatic rings. The maximum absolute atomic E-state index is 13.1. The Morgan fingerprint density at radius 1 is 1.07 bits per heavy atom.